The number of rotatable bonds is 5. The van der Waals surface area contributed by atoms with E-state index in [0.717, 1.165) is 0 Å². The van der Waals surface area contributed by atoms with Crippen LogP contribution in [0.3, 0.4) is 0 Å². The van der Waals surface area contributed by atoms with Gasteiger partial charge in [-0.25, -0.2) is 4.79 Å². The zero-order chi connectivity index (χ0) is 13.8. The SMILES string of the molecule is CC(C)OC(=O)C(C)(CN1CCOCC1)[N+](=O)[O-]. The minimum Gasteiger partial charge on any atom is -0.458 e. The van der Waals surface area contributed by atoms with E-state index < -0.39 is 16.4 Å². The quantitative estimate of drug-likeness (QED) is 0.402. The zero-order valence-corrected chi connectivity index (χ0v) is 11.0. The molecule has 0 spiro atoms. The van der Waals surface area contributed by atoms with Crippen LogP contribution in [0.25, 0.3) is 0 Å². The van der Waals surface area contributed by atoms with E-state index in [0.29, 0.717) is 26.3 Å². The lowest BCUT2D eigenvalue weighted by Gasteiger charge is -2.30. The molecule has 0 N–H and O–H groups in total. The predicted octanol–water partition coefficient (Wildman–Crippen LogP) is 0.306. The Morgan fingerprint density at radius 1 is 1.50 bits per heavy atom. The van der Waals surface area contributed by atoms with Gasteiger partial charge in [-0.05, 0) is 13.8 Å². The lowest BCUT2D eigenvalue weighted by molar-refractivity contribution is -0.551. The average molecular weight is 260 g/mol. The highest BCUT2D eigenvalue weighted by Gasteiger charge is 2.49. The summed E-state index contributed by atoms with van der Waals surface area (Å²) in [5.41, 5.74) is -1.72. The summed E-state index contributed by atoms with van der Waals surface area (Å²) in [5, 5.41) is 11.2. The lowest BCUT2D eigenvalue weighted by atomic mass is 10.0. The highest BCUT2D eigenvalue weighted by molar-refractivity contribution is 5.79. The third kappa shape index (κ3) is 3.64. The summed E-state index contributed by atoms with van der Waals surface area (Å²) in [4.78, 5) is 24.3. The van der Waals surface area contributed by atoms with Gasteiger partial charge in [-0.1, -0.05) is 0 Å². The molecular formula is C11H20N2O5. The Kier molecular flexibility index (Phi) is 5.03. The molecule has 0 aromatic rings. The van der Waals surface area contributed by atoms with E-state index in [9.17, 15) is 14.9 Å². The van der Waals surface area contributed by atoms with Crippen molar-refractivity contribution in [3.05, 3.63) is 10.1 Å². The first-order valence-corrected chi connectivity index (χ1v) is 6.02. The summed E-state index contributed by atoms with van der Waals surface area (Å²) in [7, 11) is 0. The molecule has 0 saturated carbocycles. The van der Waals surface area contributed by atoms with Crippen molar-refractivity contribution in [1.29, 1.82) is 0 Å². The predicted molar refractivity (Wildman–Crippen MR) is 63.9 cm³/mol. The van der Waals surface area contributed by atoms with Crippen LogP contribution in [0, 0.1) is 10.1 Å². The smallest absolute Gasteiger partial charge is 0.386 e. The van der Waals surface area contributed by atoms with Crippen molar-refractivity contribution in [2.24, 2.45) is 0 Å². The minimum atomic E-state index is -1.72. The maximum atomic E-state index is 11.9. The molecule has 1 atom stereocenters. The number of morpholine rings is 1. The van der Waals surface area contributed by atoms with E-state index in [2.05, 4.69) is 0 Å². The molecule has 0 amide bonds. The van der Waals surface area contributed by atoms with Crippen LogP contribution in [0.1, 0.15) is 20.8 Å². The van der Waals surface area contributed by atoms with Gasteiger partial charge >= 0.3 is 11.5 Å². The molecule has 104 valence electrons. The van der Waals surface area contributed by atoms with Gasteiger partial charge in [0.05, 0.1) is 25.9 Å². The van der Waals surface area contributed by atoms with Crippen molar-refractivity contribution in [3.63, 3.8) is 0 Å². The number of hydrogen-bond acceptors (Lipinski definition) is 6. The third-order valence-electron chi connectivity index (χ3n) is 2.82. The Labute approximate surface area is 106 Å². The molecule has 1 saturated heterocycles. The van der Waals surface area contributed by atoms with Crippen molar-refractivity contribution in [1.82, 2.24) is 4.90 Å². The highest BCUT2D eigenvalue weighted by Crippen LogP contribution is 2.16. The van der Waals surface area contributed by atoms with Crippen LogP contribution in [0.5, 0.6) is 0 Å². The summed E-state index contributed by atoms with van der Waals surface area (Å²) >= 11 is 0. The molecule has 1 aliphatic heterocycles. The van der Waals surface area contributed by atoms with Gasteiger partial charge in [-0.3, -0.25) is 15.0 Å². The van der Waals surface area contributed by atoms with E-state index >= 15 is 0 Å². The average Bonchev–Trinajstić information content (AvgIpc) is 2.28. The van der Waals surface area contributed by atoms with Gasteiger partial charge in [0.15, 0.2) is 0 Å². The molecule has 0 aromatic heterocycles. The maximum Gasteiger partial charge on any atom is 0.386 e. The van der Waals surface area contributed by atoms with Gasteiger partial charge in [0.1, 0.15) is 0 Å². The Morgan fingerprint density at radius 2 is 2.06 bits per heavy atom. The fourth-order valence-electron chi connectivity index (χ4n) is 1.73. The second-order valence-corrected chi connectivity index (χ2v) is 4.87. The summed E-state index contributed by atoms with van der Waals surface area (Å²) in [6, 6.07) is 0. The Bertz CT molecular complexity index is 315. The maximum absolute atomic E-state index is 11.9. The lowest BCUT2D eigenvalue weighted by Crippen LogP contribution is -2.55. The summed E-state index contributed by atoms with van der Waals surface area (Å²) < 4.78 is 10.2. The molecule has 1 rings (SSSR count). The minimum absolute atomic E-state index is 0.0505. The van der Waals surface area contributed by atoms with Crippen LogP contribution in [-0.4, -0.2) is 60.3 Å². The van der Waals surface area contributed by atoms with Crippen molar-refractivity contribution < 1.29 is 19.2 Å². The Balaban J connectivity index is 2.72. The molecule has 0 aromatic carbocycles. The van der Waals surface area contributed by atoms with E-state index in [1.807, 2.05) is 4.90 Å². The van der Waals surface area contributed by atoms with Crippen LogP contribution in [0.2, 0.25) is 0 Å². The number of hydrogen-bond donors (Lipinski definition) is 0. The van der Waals surface area contributed by atoms with Crippen LogP contribution in [0.15, 0.2) is 0 Å². The van der Waals surface area contributed by atoms with Gasteiger partial charge < -0.3 is 9.47 Å². The number of ether oxygens (including phenoxy) is 2. The first-order chi connectivity index (χ1) is 8.36. The molecule has 0 aliphatic carbocycles. The summed E-state index contributed by atoms with van der Waals surface area (Å²) in [5.74, 6) is -0.783. The highest BCUT2D eigenvalue weighted by atomic mass is 16.6. The van der Waals surface area contributed by atoms with Crippen LogP contribution >= 0.6 is 0 Å². The number of nitrogens with zero attached hydrogens (tertiary/aromatic N) is 2. The largest absolute Gasteiger partial charge is 0.458 e. The van der Waals surface area contributed by atoms with Gasteiger partial charge in [-0.2, -0.15) is 0 Å². The molecule has 1 aliphatic rings. The van der Waals surface area contributed by atoms with Gasteiger partial charge in [0, 0.05) is 24.9 Å². The zero-order valence-electron chi connectivity index (χ0n) is 11.0. The van der Waals surface area contributed by atoms with E-state index in [1.54, 1.807) is 13.8 Å². The van der Waals surface area contributed by atoms with Crippen LogP contribution < -0.4 is 0 Å². The molecule has 0 bridgehead atoms. The fourth-order valence-corrected chi connectivity index (χ4v) is 1.73. The van der Waals surface area contributed by atoms with E-state index in [-0.39, 0.29) is 12.6 Å². The second kappa shape index (κ2) is 6.10. The second-order valence-electron chi connectivity index (χ2n) is 4.87. The van der Waals surface area contributed by atoms with Crippen molar-refractivity contribution >= 4 is 5.97 Å². The molecular weight excluding hydrogens is 240 g/mol. The molecule has 7 nitrogen and oxygen atoms in total. The molecule has 1 heterocycles. The van der Waals surface area contributed by atoms with E-state index in [4.69, 9.17) is 9.47 Å². The monoisotopic (exact) mass is 260 g/mol. The molecule has 0 radical (unpaired) electrons. The van der Waals surface area contributed by atoms with Crippen molar-refractivity contribution in [3.8, 4) is 0 Å². The molecule has 1 fully saturated rings. The first-order valence-electron chi connectivity index (χ1n) is 6.02. The van der Waals surface area contributed by atoms with Crippen LogP contribution in [0.4, 0.5) is 0 Å². The van der Waals surface area contributed by atoms with Gasteiger partial charge in [0.2, 0.25) is 0 Å². The molecule has 7 heteroatoms. The van der Waals surface area contributed by atoms with E-state index in [1.165, 1.54) is 6.92 Å². The standard InChI is InChI=1S/C11H20N2O5/c1-9(2)18-10(14)11(3,13(15)16)8-12-4-6-17-7-5-12/h9H,4-8H2,1-3H3. The van der Waals surface area contributed by atoms with Crippen molar-refractivity contribution in [2.45, 2.75) is 32.4 Å². The first kappa shape index (κ1) is 14.8. The Hall–Kier alpha value is -1.21. The summed E-state index contributed by atoms with van der Waals surface area (Å²) in [6.45, 7) is 6.97. The fraction of sp³-hybridized carbons (Fsp3) is 0.909. The topological polar surface area (TPSA) is 81.9 Å². The summed E-state index contributed by atoms with van der Waals surface area (Å²) in [6.07, 6.45) is -0.360. The Morgan fingerprint density at radius 3 is 2.50 bits per heavy atom. The number of esters is 1. The normalized spacial score (nSPS) is 20.4. The van der Waals surface area contributed by atoms with Crippen molar-refractivity contribution in [2.75, 3.05) is 32.8 Å². The molecule has 18 heavy (non-hydrogen) atoms. The van der Waals surface area contributed by atoms with Gasteiger partial charge in [-0.15, -0.1) is 0 Å². The number of carbonyl (C=O) groups excluding carboxylic acids is 1. The van der Waals surface area contributed by atoms with Crippen LogP contribution in [-0.2, 0) is 14.3 Å². The number of nitro groups is 1. The van der Waals surface area contributed by atoms with Gasteiger partial charge in [0.25, 0.3) is 0 Å². The third-order valence-corrected chi connectivity index (χ3v) is 2.82. The molecule has 1 unspecified atom stereocenters. The number of carbonyl (C=O) groups is 1.